The Hall–Kier alpha value is -1.00. The normalized spacial score (nSPS) is 12.8. The zero-order valence-corrected chi connectivity index (χ0v) is 8.63. The number of hydrogen-bond acceptors (Lipinski definition) is 2. The molecule has 1 rings (SSSR count). The fourth-order valence-corrected chi connectivity index (χ4v) is 1.26. The Balaban J connectivity index is 2.37. The molecule has 15 heavy (non-hydrogen) atoms. The summed E-state index contributed by atoms with van der Waals surface area (Å²) in [6, 6.07) is 3.56. The number of halogens is 2. The second-order valence-electron chi connectivity index (χ2n) is 3.54. The van der Waals surface area contributed by atoms with Crippen molar-refractivity contribution in [1.29, 1.82) is 0 Å². The van der Waals surface area contributed by atoms with Gasteiger partial charge in [0.25, 0.3) is 0 Å². The molecular formula is C11H15F2NO. The molecule has 1 unspecified atom stereocenters. The minimum absolute atomic E-state index is 0.414. The third kappa shape index (κ3) is 4.36. The van der Waals surface area contributed by atoms with Crippen LogP contribution in [-0.4, -0.2) is 24.3 Å². The Bertz CT molecular complexity index is 315. The lowest BCUT2D eigenvalue weighted by Crippen LogP contribution is -2.26. The molecule has 0 saturated carbocycles. The quantitative estimate of drug-likeness (QED) is 0.729. The molecule has 0 saturated heterocycles. The summed E-state index contributed by atoms with van der Waals surface area (Å²) < 4.78 is 25.7. The first kappa shape index (κ1) is 12.1. The second-order valence-corrected chi connectivity index (χ2v) is 3.54. The Morgan fingerprint density at radius 2 is 2.13 bits per heavy atom. The van der Waals surface area contributed by atoms with E-state index in [0.29, 0.717) is 25.1 Å². The zero-order chi connectivity index (χ0) is 11.3. The fourth-order valence-electron chi connectivity index (χ4n) is 1.26. The Morgan fingerprint density at radius 3 is 2.73 bits per heavy atom. The highest BCUT2D eigenvalue weighted by Gasteiger charge is 2.03. The molecule has 2 N–H and O–H groups in total. The Morgan fingerprint density at radius 1 is 1.40 bits per heavy atom. The van der Waals surface area contributed by atoms with E-state index in [1.165, 1.54) is 12.1 Å². The molecule has 0 fully saturated rings. The lowest BCUT2D eigenvalue weighted by Gasteiger charge is -2.07. The van der Waals surface area contributed by atoms with Gasteiger partial charge in [-0.05, 0) is 31.5 Å². The molecule has 84 valence electrons. The van der Waals surface area contributed by atoms with Crippen LogP contribution in [0.15, 0.2) is 18.2 Å². The van der Waals surface area contributed by atoms with Crippen LogP contribution in [0.3, 0.4) is 0 Å². The summed E-state index contributed by atoms with van der Waals surface area (Å²) in [6.45, 7) is 2.71. The summed E-state index contributed by atoms with van der Waals surface area (Å²) in [7, 11) is 0. The topological polar surface area (TPSA) is 32.3 Å². The first-order valence-corrected chi connectivity index (χ1v) is 4.92. The standard InChI is InChI=1S/C11H15F2NO/c1-8(15)7-14-5-4-9-2-3-10(12)6-11(9)13/h2-3,6,8,14-15H,4-5,7H2,1H3. The lowest BCUT2D eigenvalue weighted by atomic mass is 10.1. The van der Waals surface area contributed by atoms with Crippen molar-refractivity contribution in [2.24, 2.45) is 0 Å². The number of benzene rings is 1. The van der Waals surface area contributed by atoms with E-state index >= 15 is 0 Å². The minimum Gasteiger partial charge on any atom is -0.392 e. The zero-order valence-electron chi connectivity index (χ0n) is 8.63. The number of rotatable bonds is 5. The highest BCUT2D eigenvalue weighted by atomic mass is 19.1. The van der Waals surface area contributed by atoms with Gasteiger partial charge in [-0.2, -0.15) is 0 Å². The van der Waals surface area contributed by atoms with Gasteiger partial charge in [0, 0.05) is 12.6 Å². The third-order valence-electron chi connectivity index (χ3n) is 2.03. The predicted molar refractivity (Wildman–Crippen MR) is 54.6 cm³/mol. The molecule has 1 aromatic carbocycles. The average molecular weight is 215 g/mol. The average Bonchev–Trinajstić information content (AvgIpc) is 2.14. The largest absolute Gasteiger partial charge is 0.392 e. The number of nitrogens with one attached hydrogen (secondary N) is 1. The molecule has 0 amide bonds. The highest BCUT2D eigenvalue weighted by molar-refractivity contribution is 5.18. The molecule has 0 radical (unpaired) electrons. The van der Waals surface area contributed by atoms with Crippen LogP contribution < -0.4 is 5.32 Å². The van der Waals surface area contributed by atoms with Crippen molar-refractivity contribution in [3.63, 3.8) is 0 Å². The van der Waals surface area contributed by atoms with Gasteiger partial charge in [0.15, 0.2) is 0 Å². The van der Waals surface area contributed by atoms with E-state index in [2.05, 4.69) is 5.32 Å². The summed E-state index contributed by atoms with van der Waals surface area (Å²) in [5.74, 6) is -1.08. The molecule has 1 aromatic rings. The van der Waals surface area contributed by atoms with E-state index < -0.39 is 17.7 Å². The van der Waals surface area contributed by atoms with Crippen LogP contribution >= 0.6 is 0 Å². The van der Waals surface area contributed by atoms with Crippen LogP contribution in [0.4, 0.5) is 8.78 Å². The predicted octanol–water partition coefficient (Wildman–Crippen LogP) is 1.48. The number of hydrogen-bond donors (Lipinski definition) is 2. The molecule has 0 aliphatic rings. The smallest absolute Gasteiger partial charge is 0.129 e. The monoisotopic (exact) mass is 215 g/mol. The fraction of sp³-hybridized carbons (Fsp3) is 0.455. The minimum atomic E-state index is -0.562. The molecule has 0 aliphatic heterocycles. The summed E-state index contributed by atoms with van der Waals surface area (Å²) in [6.07, 6.45) is 0.0711. The molecule has 0 aromatic heterocycles. The van der Waals surface area contributed by atoms with Gasteiger partial charge >= 0.3 is 0 Å². The number of aliphatic hydroxyl groups excluding tert-OH is 1. The molecule has 0 heterocycles. The Labute approximate surface area is 87.9 Å². The van der Waals surface area contributed by atoms with E-state index in [0.717, 1.165) is 6.07 Å². The van der Waals surface area contributed by atoms with Gasteiger partial charge in [-0.25, -0.2) is 8.78 Å². The molecule has 2 nitrogen and oxygen atoms in total. The summed E-state index contributed by atoms with van der Waals surface area (Å²) in [5.41, 5.74) is 0.481. The van der Waals surface area contributed by atoms with Gasteiger partial charge < -0.3 is 10.4 Å². The molecule has 1 atom stereocenters. The maximum Gasteiger partial charge on any atom is 0.129 e. The maximum atomic E-state index is 13.1. The summed E-state index contributed by atoms with van der Waals surface area (Å²) in [4.78, 5) is 0. The maximum absolute atomic E-state index is 13.1. The van der Waals surface area contributed by atoms with Gasteiger partial charge in [0.05, 0.1) is 6.10 Å². The van der Waals surface area contributed by atoms with Crippen molar-refractivity contribution in [1.82, 2.24) is 5.32 Å². The first-order chi connectivity index (χ1) is 7.09. The van der Waals surface area contributed by atoms with E-state index in [1.807, 2.05) is 0 Å². The van der Waals surface area contributed by atoms with E-state index in [4.69, 9.17) is 5.11 Å². The van der Waals surface area contributed by atoms with Crippen molar-refractivity contribution in [3.05, 3.63) is 35.4 Å². The van der Waals surface area contributed by atoms with Crippen molar-refractivity contribution >= 4 is 0 Å². The van der Waals surface area contributed by atoms with Crippen LogP contribution in [0.1, 0.15) is 12.5 Å². The molecule has 4 heteroatoms. The second kappa shape index (κ2) is 5.78. The van der Waals surface area contributed by atoms with E-state index in [1.54, 1.807) is 6.92 Å². The van der Waals surface area contributed by atoms with E-state index in [9.17, 15) is 8.78 Å². The van der Waals surface area contributed by atoms with Crippen LogP contribution in [-0.2, 0) is 6.42 Å². The SMILES string of the molecule is CC(O)CNCCc1ccc(F)cc1F. The van der Waals surface area contributed by atoms with Crippen LogP contribution in [0.25, 0.3) is 0 Å². The highest BCUT2D eigenvalue weighted by Crippen LogP contribution is 2.09. The van der Waals surface area contributed by atoms with Crippen molar-refractivity contribution in [2.75, 3.05) is 13.1 Å². The van der Waals surface area contributed by atoms with Gasteiger partial charge in [0.1, 0.15) is 11.6 Å². The lowest BCUT2D eigenvalue weighted by molar-refractivity contribution is 0.191. The number of aliphatic hydroxyl groups is 1. The van der Waals surface area contributed by atoms with Gasteiger partial charge in [-0.15, -0.1) is 0 Å². The van der Waals surface area contributed by atoms with Gasteiger partial charge in [-0.3, -0.25) is 0 Å². The Kier molecular flexibility index (Phi) is 4.65. The van der Waals surface area contributed by atoms with Crippen LogP contribution in [0.5, 0.6) is 0 Å². The van der Waals surface area contributed by atoms with Crippen molar-refractivity contribution in [3.8, 4) is 0 Å². The summed E-state index contributed by atoms with van der Waals surface area (Å²) >= 11 is 0. The molecule has 0 aliphatic carbocycles. The van der Waals surface area contributed by atoms with Gasteiger partial charge in [0.2, 0.25) is 0 Å². The third-order valence-corrected chi connectivity index (χ3v) is 2.03. The van der Waals surface area contributed by atoms with Crippen molar-refractivity contribution in [2.45, 2.75) is 19.4 Å². The molecule has 0 bridgehead atoms. The van der Waals surface area contributed by atoms with Gasteiger partial charge in [-0.1, -0.05) is 6.07 Å². The first-order valence-electron chi connectivity index (χ1n) is 4.92. The van der Waals surface area contributed by atoms with Crippen LogP contribution in [0.2, 0.25) is 0 Å². The molecule has 0 spiro atoms. The van der Waals surface area contributed by atoms with Crippen molar-refractivity contribution < 1.29 is 13.9 Å². The van der Waals surface area contributed by atoms with Crippen LogP contribution in [0, 0.1) is 11.6 Å². The van der Waals surface area contributed by atoms with E-state index in [-0.39, 0.29) is 0 Å². The summed E-state index contributed by atoms with van der Waals surface area (Å²) in [5, 5.41) is 11.9. The molecular weight excluding hydrogens is 200 g/mol.